The zero-order chi connectivity index (χ0) is 15.2. The van der Waals surface area contributed by atoms with Crippen molar-refractivity contribution < 1.29 is 19.4 Å². The Labute approximate surface area is 123 Å². The van der Waals surface area contributed by atoms with E-state index >= 15 is 0 Å². The number of carbonyl (C=O) groups is 1. The van der Waals surface area contributed by atoms with Gasteiger partial charge in [-0.15, -0.1) is 0 Å². The van der Waals surface area contributed by atoms with Crippen LogP contribution in [0.15, 0.2) is 42.5 Å². The molecule has 2 N–H and O–H groups in total. The Morgan fingerprint density at radius 2 is 2.00 bits per heavy atom. The Kier molecular flexibility index (Phi) is 4.66. The molecule has 0 saturated carbocycles. The number of phenolic OH excluding ortho intramolecular Hbond substituents is 1. The number of nitrogens with one attached hydrogen (secondary N) is 1. The van der Waals surface area contributed by atoms with E-state index in [0.29, 0.717) is 17.2 Å². The number of benzene rings is 2. The number of methoxy groups -OCH3 is 1. The van der Waals surface area contributed by atoms with Crippen LogP contribution in [-0.2, 0) is 4.79 Å². The summed E-state index contributed by atoms with van der Waals surface area (Å²) in [5.74, 6) is 0.938. The molecule has 1 amide bonds. The quantitative estimate of drug-likeness (QED) is 0.887. The maximum absolute atomic E-state index is 11.8. The molecule has 0 aliphatic heterocycles. The molecule has 0 fully saturated rings. The lowest BCUT2D eigenvalue weighted by atomic mass is 10.2. The van der Waals surface area contributed by atoms with Gasteiger partial charge >= 0.3 is 0 Å². The Balaban J connectivity index is 1.92. The molecule has 5 nitrogen and oxygen atoms in total. The van der Waals surface area contributed by atoms with Crippen LogP contribution in [0.5, 0.6) is 17.2 Å². The van der Waals surface area contributed by atoms with Crippen LogP contribution in [0.2, 0.25) is 0 Å². The van der Waals surface area contributed by atoms with Gasteiger partial charge in [-0.3, -0.25) is 4.79 Å². The molecule has 0 spiro atoms. The molecule has 0 heterocycles. The number of carbonyl (C=O) groups excluding carboxylic acids is 1. The largest absolute Gasteiger partial charge is 0.508 e. The summed E-state index contributed by atoms with van der Waals surface area (Å²) < 4.78 is 10.4. The van der Waals surface area contributed by atoms with Gasteiger partial charge in [-0.05, 0) is 36.8 Å². The highest BCUT2D eigenvalue weighted by Crippen LogP contribution is 2.21. The number of hydrogen-bond acceptors (Lipinski definition) is 4. The molecule has 110 valence electrons. The number of rotatable bonds is 5. The minimum Gasteiger partial charge on any atom is -0.508 e. The molecule has 0 aromatic heterocycles. The van der Waals surface area contributed by atoms with Crippen LogP contribution < -0.4 is 14.8 Å². The molecule has 2 aromatic carbocycles. The monoisotopic (exact) mass is 287 g/mol. The average Bonchev–Trinajstić information content (AvgIpc) is 2.44. The minimum atomic E-state index is -0.288. The molecule has 0 aliphatic rings. The van der Waals surface area contributed by atoms with Crippen molar-refractivity contribution in [2.75, 3.05) is 19.0 Å². The summed E-state index contributed by atoms with van der Waals surface area (Å²) in [6.45, 7) is 1.70. The fourth-order valence-corrected chi connectivity index (χ4v) is 1.86. The van der Waals surface area contributed by atoms with Crippen LogP contribution in [0, 0.1) is 6.92 Å². The molecule has 2 aromatic rings. The van der Waals surface area contributed by atoms with Crippen molar-refractivity contribution in [1.82, 2.24) is 0 Å². The second-order valence-corrected chi connectivity index (χ2v) is 4.57. The lowest BCUT2D eigenvalue weighted by Gasteiger charge is -2.09. The van der Waals surface area contributed by atoms with E-state index in [1.807, 2.05) is 6.92 Å². The lowest BCUT2D eigenvalue weighted by molar-refractivity contribution is -0.118. The van der Waals surface area contributed by atoms with Gasteiger partial charge in [-0.25, -0.2) is 0 Å². The van der Waals surface area contributed by atoms with E-state index in [1.54, 1.807) is 43.5 Å². The third-order valence-electron chi connectivity index (χ3n) is 2.76. The van der Waals surface area contributed by atoms with E-state index in [4.69, 9.17) is 9.47 Å². The Bertz CT molecular complexity index is 620. The van der Waals surface area contributed by atoms with Crippen LogP contribution in [0.25, 0.3) is 0 Å². The summed E-state index contributed by atoms with van der Waals surface area (Å²) >= 11 is 0. The first kappa shape index (κ1) is 14.7. The van der Waals surface area contributed by atoms with E-state index in [-0.39, 0.29) is 18.3 Å². The van der Waals surface area contributed by atoms with E-state index in [1.165, 1.54) is 6.07 Å². The third kappa shape index (κ3) is 4.42. The lowest BCUT2D eigenvalue weighted by Crippen LogP contribution is -2.20. The highest BCUT2D eigenvalue weighted by atomic mass is 16.5. The highest BCUT2D eigenvalue weighted by molar-refractivity contribution is 5.92. The fourth-order valence-electron chi connectivity index (χ4n) is 1.86. The summed E-state index contributed by atoms with van der Waals surface area (Å²) in [4.78, 5) is 11.8. The number of aryl methyl sites for hydroxylation is 1. The number of amides is 1. The molecular formula is C16H17NO4. The number of hydrogen-bond donors (Lipinski definition) is 2. The van der Waals surface area contributed by atoms with E-state index in [0.717, 1.165) is 5.56 Å². The van der Waals surface area contributed by atoms with Gasteiger partial charge in [0.2, 0.25) is 0 Å². The Hall–Kier alpha value is -2.69. The van der Waals surface area contributed by atoms with Gasteiger partial charge in [0.1, 0.15) is 17.2 Å². The zero-order valence-electron chi connectivity index (χ0n) is 11.9. The first-order chi connectivity index (χ1) is 10.1. The van der Waals surface area contributed by atoms with Crippen molar-refractivity contribution in [1.29, 1.82) is 0 Å². The summed E-state index contributed by atoms with van der Waals surface area (Å²) in [7, 11) is 1.56. The summed E-state index contributed by atoms with van der Waals surface area (Å²) in [5.41, 5.74) is 1.49. The van der Waals surface area contributed by atoms with Crippen molar-refractivity contribution in [2.45, 2.75) is 6.92 Å². The Morgan fingerprint density at radius 3 is 2.71 bits per heavy atom. The maximum Gasteiger partial charge on any atom is 0.262 e. The predicted octanol–water partition coefficient (Wildman–Crippen LogP) is 2.73. The van der Waals surface area contributed by atoms with Gasteiger partial charge in [-0.1, -0.05) is 6.07 Å². The van der Waals surface area contributed by atoms with Gasteiger partial charge in [0.15, 0.2) is 6.61 Å². The first-order valence-corrected chi connectivity index (χ1v) is 6.44. The van der Waals surface area contributed by atoms with Gasteiger partial charge in [0, 0.05) is 17.8 Å². The molecule has 0 radical (unpaired) electrons. The van der Waals surface area contributed by atoms with Crippen LogP contribution in [0.4, 0.5) is 5.69 Å². The van der Waals surface area contributed by atoms with Crippen molar-refractivity contribution in [3.8, 4) is 17.2 Å². The summed E-state index contributed by atoms with van der Waals surface area (Å²) in [6, 6.07) is 11.9. The van der Waals surface area contributed by atoms with Crippen molar-refractivity contribution >= 4 is 11.6 Å². The smallest absolute Gasteiger partial charge is 0.262 e. The molecule has 0 unspecified atom stereocenters. The molecule has 2 rings (SSSR count). The highest BCUT2D eigenvalue weighted by Gasteiger charge is 2.05. The van der Waals surface area contributed by atoms with Crippen LogP contribution in [-0.4, -0.2) is 24.7 Å². The number of phenols is 1. The molecule has 5 heteroatoms. The zero-order valence-corrected chi connectivity index (χ0v) is 11.9. The molecule has 0 saturated heterocycles. The van der Waals surface area contributed by atoms with Crippen LogP contribution >= 0.6 is 0 Å². The van der Waals surface area contributed by atoms with Gasteiger partial charge in [0.05, 0.1) is 7.11 Å². The van der Waals surface area contributed by atoms with Crippen molar-refractivity contribution in [3.63, 3.8) is 0 Å². The normalized spacial score (nSPS) is 10.0. The number of aromatic hydroxyl groups is 1. The summed E-state index contributed by atoms with van der Waals surface area (Å²) in [6.07, 6.45) is 0. The fraction of sp³-hybridized carbons (Fsp3) is 0.188. The summed E-state index contributed by atoms with van der Waals surface area (Å²) in [5, 5.41) is 12.2. The standard InChI is InChI=1S/C16H17NO4/c1-11-6-13(18)9-15(7-11)21-10-16(19)17-12-4-3-5-14(8-12)20-2/h3-9,18H,10H2,1-2H3,(H,17,19). The minimum absolute atomic E-state index is 0.109. The predicted molar refractivity (Wildman–Crippen MR) is 80.0 cm³/mol. The molecule has 0 bridgehead atoms. The first-order valence-electron chi connectivity index (χ1n) is 6.44. The Morgan fingerprint density at radius 1 is 1.19 bits per heavy atom. The van der Waals surface area contributed by atoms with Crippen LogP contribution in [0.3, 0.4) is 0 Å². The number of anilines is 1. The molecule has 21 heavy (non-hydrogen) atoms. The van der Waals surface area contributed by atoms with Gasteiger partial charge < -0.3 is 19.9 Å². The van der Waals surface area contributed by atoms with E-state index in [2.05, 4.69) is 5.32 Å². The second kappa shape index (κ2) is 6.65. The maximum atomic E-state index is 11.8. The third-order valence-corrected chi connectivity index (χ3v) is 2.76. The molecule has 0 atom stereocenters. The second-order valence-electron chi connectivity index (χ2n) is 4.57. The topological polar surface area (TPSA) is 67.8 Å². The van der Waals surface area contributed by atoms with Crippen molar-refractivity contribution in [2.24, 2.45) is 0 Å². The number of ether oxygens (including phenoxy) is 2. The van der Waals surface area contributed by atoms with Gasteiger partial charge in [-0.2, -0.15) is 0 Å². The molecular weight excluding hydrogens is 270 g/mol. The molecule has 0 aliphatic carbocycles. The van der Waals surface area contributed by atoms with Gasteiger partial charge in [0.25, 0.3) is 5.91 Å². The van der Waals surface area contributed by atoms with E-state index in [9.17, 15) is 9.90 Å². The van der Waals surface area contributed by atoms with Crippen LogP contribution in [0.1, 0.15) is 5.56 Å². The van der Waals surface area contributed by atoms with Crippen molar-refractivity contribution in [3.05, 3.63) is 48.0 Å². The van der Waals surface area contributed by atoms with E-state index < -0.39 is 0 Å². The SMILES string of the molecule is COc1cccc(NC(=O)COc2cc(C)cc(O)c2)c1. The average molecular weight is 287 g/mol.